The van der Waals surface area contributed by atoms with Gasteiger partial charge in [0.2, 0.25) is 0 Å². The third-order valence-electron chi connectivity index (χ3n) is 6.05. The maximum absolute atomic E-state index is 13.3. The summed E-state index contributed by atoms with van der Waals surface area (Å²) in [5, 5.41) is 3.86. The minimum atomic E-state index is -0.158. The van der Waals surface area contributed by atoms with Crippen molar-refractivity contribution >= 4 is 0 Å². The van der Waals surface area contributed by atoms with Crippen molar-refractivity contribution in [2.75, 3.05) is 39.4 Å². The molecular formula is C20H31FN2O. The Morgan fingerprint density at radius 1 is 1.25 bits per heavy atom. The molecule has 0 amide bonds. The van der Waals surface area contributed by atoms with Crippen LogP contribution in [0, 0.1) is 11.7 Å². The predicted octanol–water partition coefficient (Wildman–Crippen LogP) is 3.19. The first-order chi connectivity index (χ1) is 11.6. The number of likely N-dealkylation sites (tertiary alicyclic amines) is 1. The summed E-state index contributed by atoms with van der Waals surface area (Å²) in [4.78, 5) is 2.53. The van der Waals surface area contributed by atoms with Crippen molar-refractivity contribution in [2.24, 2.45) is 5.92 Å². The highest BCUT2D eigenvalue weighted by molar-refractivity contribution is 5.27. The van der Waals surface area contributed by atoms with Crippen LogP contribution < -0.4 is 5.32 Å². The molecule has 0 aliphatic carbocycles. The van der Waals surface area contributed by atoms with Crippen molar-refractivity contribution in [3.8, 4) is 0 Å². The second-order valence-electron chi connectivity index (χ2n) is 7.55. The molecule has 0 saturated carbocycles. The zero-order valence-corrected chi connectivity index (χ0v) is 15.1. The SMILES string of the molecule is CCN1CCC(NCC2(c3ccc(F)cc3)CCOCC2)C(C)C1. The van der Waals surface area contributed by atoms with E-state index in [-0.39, 0.29) is 11.2 Å². The summed E-state index contributed by atoms with van der Waals surface area (Å²) in [5.41, 5.74) is 1.33. The molecule has 2 atom stereocenters. The van der Waals surface area contributed by atoms with Gasteiger partial charge in [0, 0.05) is 37.8 Å². The van der Waals surface area contributed by atoms with Gasteiger partial charge in [-0.2, -0.15) is 0 Å². The van der Waals surface area contributed by atoms with E-state index in [1.54, 1.807) is 12.1 Å². The molecule has 24 heavy (non-hydrogen) atoms. The second-order valence-corrected chi connectivity index (χ2v) is 7.55. The van der Waals surface area contributed by atoms with Crippen molar-refractivity contribution in [1.29, 1.82) is 0 Å². The third-order valence-corrected chi connectivity index (χ3v) is 6.05. The molecule has 0 aromatic heterocycles. The maximum atomic E-state index is 13.3. The van der Waals surface area contributed by atoms with Gasteiger partial charge in [0.25, 0.3) is 0 Å². The van der Waals surface area contributed by atoms with Crippen molar-refractivity contribution in [2.45, 2.75) is 44.6 Å². The number of rotatable bonds is 5. The molecular weight excluding hydrogens is 303 g/mol. The standard InChI is InChI=1S/C20H31FN2O/c1-3-23-11-8-19(16(2)14-23)22-15-20(9-12-24-13-10-20)17-4-6-18(21)7-5-17/h4-7,16,19,22H,3,8-15H2,1-2H3. The van der Waals surface area contributed by atoms with Crippen LogP contribution in [-0.2, 0) is 10.2 Å². The van der Waals surface area contributed by atoms with E-state index >= 15 is 0 Å². The van der Waals surface area contributed by atoms with Gasteiger partial charge >= 0.3 is 0 Å². The van der Waals surface area contributed by atoms with Crippen LogP contribution in [0.2, 0.25) is 0 Å². The second kappa shape index (κ2) is 7.94. The Labute approximate surface area is 145 Å². The lowest BCUT2D eigenvalue weighted by Gasteiger charge is -2.42. The molecule has 2 heterocycles. The Morgan fingerprint density at radius 3 is 2.58 bits per heavy atom. The summed E-state index contributed by atoms with van der Waals surface area (Å²) >= 11 is 0. The van der Waals surface area contributed by atoms with E-state index in [4.69, 9.17) is 4.74 Å². The van der Waals surface area contributed by atoms with E-state index in [1.165, 1.54) is 25.1 Å². The Bertz CT molecular complexity index is 513. The van der Waals surface area contributed by atoms with Crippen LogP contribution in [0.5, 0.6) is 0 Å². The molecule has 2 saturated heterocycles. The molecule has 134 valence electrons. The monoisotopic (exact) mass is 334 g/mol. The molecule has 1 N–H and O–H groups in total. The zero-order chi connectivity index (χ0) is 17.0. The predicted molar refractivity (Wildman–Crippen MR) is 95.8 cm³/mol. The van der Waals surface area contributed by atoms with E-state index in [9.17, 15) is 4.39 Å². The Kier molecular flexibility index (Phi) is 5.90. The highest BCUT2D eigenvalue weighted by atomic mass is 19.1. The summed E-state index contributed by atoms with van der Waals surface area (Å²) in [6, 6.07) is 7.69. The number of nitrogens with one attached hydrogen (secondary N) is 1. The molecule has 4 heteroatoms. The fraction of sp³-hybridized carbons (Fsp3) is 0.700. The number of ether oxygens (including phenoxy) is 1. The van der Waals surface area contributed by atoms with Crippen LogP contribution in [0.4, 0.5) is 4.39 Å². The number of halogens is 1. The van der Waals surface area contributed by atoms with Gasteiger partial charge in [0.15, 0.2) is 0 Å². The normalized spacial score (nSPS) is 28.0. The zero-order valence-electron chi connectivity index (χ0n) is 15.1. The van der Waals surface area contributed by atoms with Crippen molar-refractivity contribution < 1.29 is 9.13 Å². The fourth-order valence-electron chi connectivity index (χ4n) is 4.28. The smallest absolute Gasteiger partial charge is 0.123 e. The van der Waals surface area contributed by atoms with Crippen LogP contribution in [0.15, 0.2) is 24.3 Å². The van der Waals surface area contributed by atoms with Crippen LogP contribution in [0.25, 0.3) is 0 Å². The quantitative estimate of drug-likeness (QED) is 0.895. The molecule has 1 aromatic carbocycles. The molecule has 1 aromatic rings. The van der Waals surface area contributed by atoms with Gasteiger partial charge in [0.1, 0.15) is 5.82 Å². The molecule has 2 unspecified atom stereocenters. The average Bonchev–Trinajstić information content (AvgIpc) is 2.62. The van der Waals surface area contributed by atoms with E-state index in [0.29, 0.717) is 12.0 Å². The average molecular weight is 334 g/mol. The highest BCUT2D eigenvalue weighted by Gasteiger charge is 2.36. The van der Waals surface area contributed by atoms with Crippen molar-refractivity contribution in [3.63, 3.8) is 0 Å². The molecule has 0 radical (unpaired) electrons. The van der Waals surface area contributed by atoms with Gasteiger partial charge in [0.05, 0.1) is 0 Å². The first-order valence-corrected chi connectivity index (χ1v) is 9.42. The molecule has 2 aliphatic heterocycles. The van der Waals surface area contributed by atoms with Crippen LogP contribution in [-0.4, -0.2) is 50.3 Å². The van der Waals surface area contributed by atoms with E-state index in [0.717, 1.165) is 39.1 Å². The lowest BCUT2D eigenvalue weighted by atomic mass is 9.73. The van der Waals surface area contributed by atoms with E-state index in [1.807, 2.05) is 12.1 Å². The van der Waals surface area contributed by atoms with Gasteiger partial charge in [-0.05, 0) is 56.0 Å². The summed E-state index contributed by atoms with van der Waals surface area (Å²) in [7, 11) is 0. The van der Waals surface area contributed by atoms with Crippen LogP contribution >= 0.6 is 0 Å². The number of hydrogen-bond acceptors (Lipinski definition) is 3. The molecule has 3 nitrogen and oxygen atoms in total. The number of hydrogen-bond donors (Lipinski definition) is 1. The minimum absolute atomic E-state index is 0.0769. The van der Waals surface area contributed by atoms with Crippen LogP contribution in [0.3, 0.4) is 0 Å². The van der Waals surface area contributed by atoms with Gasteiger partial charge < -0.3 is 15.0 Å². The molecule has 0 spiro atoms. The lowest BCUT2D eigenvalue weighted by Crippen LogP contribution is -2.52. The van der Waals surface area contributed by atoms with Gasteiger partial charge in [-0.1, -0.05) is 26.0 Å². The third kappa shape index (κ3) is 3.98. The topological polar surface area (TPSA) is 24.5 Å². The summed E-state index contributed by atoms with van der Waals surface area (Å²) in [6.45, 7) is 10.7. The van der Waals surface area contributed by atoms with Gasteiger partial charge in [-0.3, -0.25) is 0 Å². The van der Waals surface area contributed by atoms with Gasteiger partial charge in [-0.15, -0.1) is 0 Å². The molecule has 2 aliphatic rings. The Hall–Kier alpha value is -0.970. The highest BCUT2D eigenvalue weighted by Crippen LogP contribution is 2.35. The summed E-state index contributed by atoms with van der Waals surface area (Å²) in [6.07, 6.45) is 3.23. The molecule has 0 bridgehead atoms. The summed E-state index contributed by atoms with van der Waals surface area (Å²) < 4.78 is 18.9. The lowest BCUT2D eigenvalue weighted by molar-refractivity contribution is 0.0459. The summed E-state index contributed by atoms with van der Waals surface area (Å²) in [5.74, 6) is 0.512. The van der Waals surface area contributed by atoms with E-state index < -0.39 is 0 Å². The Morgan fingerprint density at radius 2 is 1.96 bits per heavy atom. The first kappa shape index (κ1) is 17.8. The Balaban J connectivity index is 1.68. The van der Waals surface area contributed by atoms with Crippen molar-refractivity contribution in [3.05, 3.63) is 35.6 Å². The van der Waals surface area contributed by atoms with Crippen molar-refractivity contribution in [1.82, 2.24) is 10.2 Å². The number of nitrogens with zero attached hydrogens (tertiary/aromatic N) is 1. The number of piperidine rings is 1. The molecule has 2 fully saturated rings. The largest absolute Gasteiger partial charge is 0.381 e. The fourth-order valence-corrected chi connectivity index (χ4v) is 4.28. The van der Waals surface area contributed by atoms with E-state index in [2.05, 4.69) is 24.1 Å². The van der Waals surface area contributed by atoms with Crippen LogP contribution in [0.1, 0.15) is 38.7 Å². The van der Waals surface area contributed by atoms with Gasteiger partial charge in [-0.25, -0.2) is 4.39 Å². The maximum Gasteiger partial charge on any atom is 0.123 e. The molecule has 3 rings (SSSR count). The minimum Gasteiger partial charge on any atom is -0.381 e. The number of benzene rings is 1. The first-order valence-electron chi connectivity index (χ1n) is 9.42.